The van der Waals surface area contributed by atoms with Crippen molar-refractivity contribution in [2.45, 2.75) is 33.7 Å². The molecule has 1 N–H and O–H groups in total. The van der Waals surface area contributed by atoms with Crippen molar-refractivity contribution in [1.29, 1.82) is 0 Å². The fourth-order valence-electron chi connectivity index (χ4n) is 2.44. The van der Waals surface area contributed by atoms with Gasteiger partial charge in [0.05, 0.1) is 12.1 Å². The van der Waals surface area contributed by atoms with Gasteiger partial charge in [-0.25, -0.2) is 0 Å². The molecule has 0 unspecified atom stereocenters. The van der Waals surface area contributed by atoms with Crippen molar-refractivity contribution in [3.63, 3.8) is 0 Å². The van der Waals surface area contributed by atoms with Gasteiger partial charge in [-0.2, -0.15) is 0 Å². The molecule has 0 aliphatic rings. The van der Waals surface area contributed by atoms with Gasteiger partial charge in [0.1, 0.15) is 0 Å². The maximum atomic E-state index is 12.6. The number of rotatable bonds is 5. The Labute approximate surface area is 130 Å². The van der Waals surface area contributed by atoms with E-state index in [4.69, 9.17) is 5.11 Å². The number of aliphatic carboxylic acids is 1. The highest BCUT2D eigenvalue weighted by Gasteiger charge is 2.13. The number of hydrogen-bond acceptors (Lipinski definition) is 2. The summed E-state index contributed by atoms with van der Waals surface area (Å²) < 4.78 is 1.69. The van der Waals surface area contributed by atoms with Gasteiger partial charge in [0.2, 0.25) is 0 Å². The molecule has 116 valence electrons. The van der Waals surface area contributed by atoms with E-state index in [-0.39, 0.29) is 12.0 Å². The van der Waals surface area contributed by atoms with Crippen LogP contribution in [0.5, 0.6) is 0 Å². The van der Waals surface area contributed by atoms with Crippen LogP contribution in [0.3, 0.4) is 0 Å². The van der Waals surface area contributed by atoms with Gasteiger partial charge in [0.25, 0.3) is 5.56 Å². The molecule has 1 heterocycles. The van der Waals surface area contributed by atoms with E-state index in [9.17, 15) is 9.59 Å². The lowest BCUT2D eigenvalue weighted by Crippen LogP contribution is -2.28. The quantitative estimate of drug-likeness (QED) is 0.923. The van der Waals surface area contributed by atoms with Gasteiger partial charge in [0.15, 0.2) is 0 Å². The molecule has 0 saturated heterocycles. The number of aromatic nitrogens is 1. The SMILES string of the molecule is Cc1ccc(-c2ccc(CC(=O)O)c(=O)n2CC(C)C)cc1. The summed E-state index contributed by atoms with van der Waals surface area (Å²) in [6.07, 6.45) is -0.245. The van der Waals surface area contributed by atoms with Gasteiger partial charge in [-0.05, 0) is 24.5 Å². The molecule has 0 fully saturated rings. The Kier molecular flexibility index (Phi) is 4.81. The van der Waals surface area contributed by atoms with E-state index < -0.39 is 5.97 Å². The average molecular weight is 299 g/mol. The summed E-state index contributed by atoms with van der Waals surface area (Å²) in [5.74, 6) is -0.696. The lowest BCUT2D eigenvalue weighted by atomic mass is 10.1. The second kappa shape index (κ2) is 6.60. The first-order chi connectivity index (χ1) is 10.4. The largest absolute Gasteiger partial charge is 0.481 e. The van der Waals surface area contributed by atoms with Gasteiger partial charge in [0, 0.05) is 12.1 Å². The van der Waals surface area contributed by atoms with E-state index in [1.54, 1.807) is 10.6 Å². The molecule has 1 aromatic heterocycles. The molecule has 0 bridgehead atoms. The highest BCUT2D eigenvalue weighted by molar-refractivity contribution is 5.70. The Morgan fingerprint density at radius 3 is 2.32 bits per heavy atom. The van der Waals surface area contributed by atoms with Crippen molar-refractivity contribution in [1.82, 2.24) is 4.57 Å². The van der Waals surface area contributed by atoms with Crippen molar-refractivity contribution in [3.8, 4) is 11.3 Å². The lowest BCUT2D eigenvalue weighted by molar-refractivity contribution is -0.136. The third-order valence-corrected chi connectivity index (χ3v) is 3.49. The Bertz CT molecular complexity index is 727. The highest BCUT2D eigenvalue weighted by atomic mass is 16.4. The van der Waals surface area contributed by atoms with Crippen molar-refractivity contribution in [3.05, 3.63) is 57.9 Å². The minimum absolute atomic E-state index is 0.214. The van der Waals surface area contributed by atoms with Crippen LogP contribution in [0.1, 0.15) is 25.0 Å². The van der Waals surface area contributed by atoms with Crippen LogP contribution in [0.2, 0.25) is 0 Å². The Morgan fingerprint density at radius 2 is 1.77 bits per heavy atom. The summed E-state index contributed by atoms with van der Waals surface area (Å²) in [4.78, 5) is 23.5. The number of carboxylic acid groups (broad SMARTS) is 1. The summed E-state index contributed by atoms with van der Waals surface area (Å²) in [7, 11) is 0. The van der Waals surface area contributed by atoms with Gasteiger partial charge in [-0.15, -0.1) is 0 Å². The molecule has 0 amide bonds. The number of aryl methyl sites for hydroxylation is 1. The van der Waals surface area contributed by atoms with E-state index >= 15 is 0 Å². The van der Waals surface area contributed by atoms with E-state index in [0.717, 1.165) is 16.8 Å². The van der Waals surface area contributed by atoms with Crippen molar-refractivity contribution < 1.29 is 9.90 Å². The van der Waals surface area contributed by atoms with Crippen LogP contribution in [0.25, 0.3) is 11.3 Å². The molecule has 4 nitrogen and oxygen atoms in total. The first-order valence-corrected chi connectivity index (χ1v) is 7.40. The second-order valence-corrected chi connectivity index (χ2v) is 5.99. The van der Waals surface area contributed by atoms with E-state index in [1.165, 1.54) is 0 Å². The Balaban J connectivity index is 2.58. The molecule has 0 spiro atoms. The minimum Gasteiger partial charge on any atom is -0.481 e. The zero-order valence-electron chi connectivity index (χ0n) is 13.2. The monoisotopic (exact) mass is 299 g/mol. The summed E-state index contributed by atoms with van der Waals surface area (Å²) in [6, 6.07) is 11.4. The van der Waals surface area contributed by atoms with Crippen LogP contribution in [-0.4, -0.2) is 15.6 Å². The summed E-state index contributed by atoms with van der Waals surface area (Å²) >= 11 is 0. The van der Waals surface area contributed by atoms with Crippen LogP contribution in [0, 0.1) is 12.8 Å². The summed E-state index contributed by atoms with van der Waals surface area (Å²) in [6.45, 7) is 6.65. The van der Waals surface area contributed by atoms with Crippen LogP contribution in [-0.2, 0) is 17.8 Å². The highest BCUT2D eigenvalue weighted by Crippen LogP contribution is 2.20. The number of carboxylic acids is 1. The van der Waals surface area contributed by atoms with Crippen molar-refractivity contribution >= 4 is 5.97 Å². The Morgan fingerprint density at radius 1 is 1.14 bits per heavy atom. The molecule has 1 aromatic carbocycles. The van der Waals surface area contributed by atoms with Crippen LogP contribution < -0.4 is 5.56 Å². The summed E-state index contributed by atoms with van der Waals surface area (Å²) in [5, 5.41) is 8.93. The number of hydrogen-bond donors (Lipinski definition) is 1. The smallest absolute Gasteiger partial charge is 0.308 e. The number of pyridine rings is 1. The van der Waals surface area contributed by atoms with Crippen molar-refractivity contribution in [2.24, 2.45) is 5.92 Å². The van der Waals surface area contributed by atoms with Crippen LogP contribution >= 0.6 is 0 Å². The molecule has 0 aliphatic heterocycles. The Hall–Kier alpha value is -2.36. The lowest BCUT2D eigenvalue weighted by Gasteiger charge is -2.16. The number of benzene rings is 1. The number of nitrogens with zero attached hydrogens (tertiary/aromatic N) is 1. The van der Waals surface area contributed by atoms with Crippen LogP contribution in [0.4, 0.5) is 0 Å². The fourth-order valence-corrected chi connectivity index (χ4v) is 2.44. The maximum Gasteiger partial charge on any atom is 0.308 e. The molecule has 22 heavy (non-hydrogen) atoms. The molecule has 4 heteroatoms. The molecule has 2 rings (SSSR count). The topological polar surface area (TPSA) is 59.3 Å². The average Bonchev–Trinajstić information content (AvgIpc) is 2.44. The van der Waals surface area contributed by atoms with Crippen LogP contribution in [0.15, 0.2) is 41.2 Å². The van der Waals surface area contributed by atoms with Gasteiger partial charge in [-0.3, -0.25) is 9.59 Å². The standard InChI is InChI=1S/C18H21NO3/c1-12(2)11-19-16(14-6-4-13(3)5-7-14)9-8-15(18(19)22)10-17(20)21/h4-9,12H,10-11H2,1-3H3,(H,20,21). The van der Waals surface area contributed by atoms with Crippen molar-refractivity contribution in [2.75, 3.05) is 0 Å². The molecular formula is C18H21NO3. The van der Waals surface area contributed by atoms with Gasteiger partial charge in [-0.1, -0.05) is 49.7 Å². The van der Waals surface area contributed by atoms with Gasteiger partial charge < -0.3 is 9.67 Å². The second-order valence-electron chi connectivity index (χ2n) is 5.99. The van der Waals surface area contributed by atoms with Gasteiger partial charge >= 0.3 is 5.97 Å². The predicted molar refractivity (Wildman–Crippen MR) is 87.1 cm³/mol. The van der Waals surface area contributed by atoms with E-state index in [2.05, 4.69) is 0 Å². The van der Waals surface area contributed by atoms with E-state index in [0.29, 0.717) is 18.0 Å². The zero-order valence-corrected chi connectivity index (χ0v) is 13.2. The minimum atomic E-state index is -0.990. The third kappa shape index (κ3) is 3.64. The predicted octanol–water partition coefficient (Wildman–Crippen LogP) is 3.11. The molecule has 0 atom stereocenters. The molecule has 0 radical (unpaired) electrons. The first-order valence-electron chi connectivity index (χ1n) is 7.40. The normalized spacial score (nSPS) is 10.9. The first kappa shape index (κ1) is 16.0. The number of carbonyl (C=O) groups is 1. The summed E-state index contributed by atoms with van der Waals surface area (Å²) in [5.41, 5.74) is 3.06. The zero-order chi connectivity index (χ0) is 16.3. The third-order valence-electron chi connectivity index (χ3n) is 3.49. The molecule has 0 aliphatic carbocycles. The molecule has 0 saturated carbocycles. The molecular weight excluding hydrogens is 278 g/mol. The fraction of sp³-hybridized carbons (Fsp3) is 0.333. The van der Waals surface area contributed by atoms with E-state index in [1.807, 2.05) is 51.1 Å². The molecule has 2 aromatic rings. The maximum absolute atomic E-state index is 12.6.